The van der Waals surface area contributed by atoms with Gasteiger partial charge in [-0.3, -0.25) is 30.1 Å². The van der Waals surface area contributed by atoms with Crippen molar-refractivity contribution in [3.8, 4) is 10.4 Å². The molecule has 1 aromatic heterocycles. The predicted molar refractivity (Wildman–Crippen MR) is 116 cm³/mol. The SMILES string of the molecule is CC1CCCCC12NC(=O)N(CC(=O)NNC(=O)c1ccc(-c3ccc(F)cc3)s1)C2=O. The molecule has 1 saturated heterocycles. The van der Waals surface area contributed by atoms with Crippen LogP contribution in [-0.2, 0) is 9.59 Å². The van der Waals surface area contributed by atoms with Gasteiger partial charge < -0.3 is 5.32 Å². The van der Waals surface area contributed by atoms with Crippen LogP contribution in [0.15, 0.2) is 36.4 Å². The number of hydrazine groups is 1. The van der Waals surface area contributed by atoms with Crippen molar-refractivity contribution in [3.05, 3.63) is 47.1 Å². The molecule has 168 valence electrons. The second-order valence-corrected chi connectivity index (χ2v) is 9.20. The van der Waals surface area contributed by atoms with Crippen LogP contribution in [0.5, 0.6) is 0 Å². The lowest BCUT2D eigenvalue weighted by Crippen LogP contribution is -2.54. The maximum Gasteiger partial charge on any atom is 0.325 e. The van der Waals surface area contributed by atoms with E-state index in [-0.39, 0.29) is 11.7 Å². The highest BCUT2D eigenvalue weighted by Gasteiger charge is 2.55. The number of amides is 5. The molecule has 2 unspecified atom stereocenters. The molecule has 0 radical (unpaired) electrons. The molecular weight excluding hydrogens is 435 g/mol. The number of carbonyl (C=O) groups is 4. The van der Waals surface area contributed by atoms with Crippen molar-refractivity contribution in [1.29, 1.82) is 0 Å². The van der Waals surface area contributed by atoms with Crippen LogP contribution < -0.4 is 16.2 Å². The van der Waals surface area contributed by atoms with E-state index in [1.54, 1.807) is 24.3 Å². The first-order valence-corrected chi connectivity index (χ1v) is 11.2. The Labute approximate surface area is 188 Å². The number of nitrogens with one attached hydrogen (secondary N) is 3. The van der Waals surface area contributed by atoms with Gasteiger partial charge in [0.05, 0.1) is 4.88 Å². The molecule has 1 saturated carbocycles. The number of benzene rings is 1. The molecule has 4 rings (SSSR count). The van der Waals surface area contributed by atoms with Crippen molar-refractivity contribution in [1.82, 2.24) is 21.1 Å². The summed E-state index contributed by atoms with van der Waals surface area (Å²) in [7, 11) is 0. The van der Waals surface area contributed by atoms with Crippen molar-refractivity contribution in [3.63, 3.8) is 0 Å². The lowest BCUT2D eigenvalue weighted by Gasteiger charge is -2.36. The second kappa shape index (κ2) is 8.70. The fourth-order valence-electron chi connectivity index (χ4n) is 4.24. The van der Waals surface area contributed by atoms with Crippen molar-refractivity contribution < 1.29 is 23.6 Å². The number of thiophene rings is 1. The van der Waals surface area contributed by atoms with Crippen LogP contribution in [0.25, 0.3) is 10.4 Å². The molecule has 2 fully saturated rings. The Balaban J connectivity index is 1.33. The van der Waals surface area contributed by atoms with Gasteiger partial charge in [0.15, 0.2) is 0 Å². The van der Waals surface area contributed by atoms with E-state index in [0.29, 0.717) is 11.3 Å². The van der Waals surface area contributed by atoms with E-state index in [0.717, 1.165) is 34.6 Å². The zero-order valence-electron chi connectivity index (χ0n) is 17.4. The van der Waals surface area contributed by atoms with E-state index in [2.05, 4.69) is 16.2 Å². The average Bonchev–Trinajstić information content (AvgIpc) is 3.35. The molecule has 2 aromatic rings. The quantitative estimate of drug-likeness (QED) is 0.484. The van der Waals surface area contributed by atoms with Crippen LogP contribution in [0, 0.1) is 11.7 Å². The van der Waals surface area contributed by atoms with Crippen LogP contribution in [0.1, 0.15) is 42.3 Å². The molecule has 3 N–H and O–H groups in total. The topological polar surface area (TPSA) is 108 Å². The summed E-state index contributed by atoms with van der Waals surface area (Å²) in [6, 6.07) is 8.63. The maximum atomic E-state index is 13.1. The number of urea groups is 1. The van der Waals surface area contributed by atoms with E-state index < -0.39 is 35.8 Å². The number of halogens is 1. The van der Waals surface area contributed by atoms with Gasteiger partial charge in [-0.1, -0.05) is 31.9 Å². The number of carbonyl (C=O) groups excluding carboxylic acids is 4. The van der Waals surface area contributed by atoms with Crippen molar-refractivity contribution in [2.45, 2.75) is 38.1 Å². The van der Waals surface area contributed by atoms with Crippen LogP contribution >= 0.6 is 11.3 Å². The third kappa shape index (κ3) is 4.10. The van der Waals surface area contributed by atoms with Gasteiger partial charge in [0.1, 0.15) is 17.9 Å². The lowest BCUT2D eigenvalue weighted by atomic mass is 9.73. The van der Waals surface area contributed by atoms with Crippen LogP contribution in [-0.4, -0.2) is 40.7 Å². The molecule has 32 heavy (non-hydrogen) atoms. The first-order chi connectivity index (χ1) is 15.3. The highest BCUT2D eigenvalue weighted by Crippen LogP contribution is 2.38. The Bertz CT molecular complexity index is 1070. The summed E-state index contributed by atoms with van der Waals surface area (Å²) in [5.41, 5.74) is 4.38. The third-order valence-electron chi connectivity index (χ3n) is 6.08. The largest absolute Gasteiger partial charge is 0.325 e. The number of imide groups is 1. The van der Waals surface area contributed by atoms with Gasteiger partial charge >= 0.3 is 6.03 Å². The van der Waals surface area contributed by atoms with Crippen LogP contribution in [0.4, 0.5) is 9.18 Å². The molecule has 2 heterocycles. The molecule has 10 heteroatoms. The summed E-state index contributed by atoms with van der Waals surface area (Å²) >= 11 is 1.19. The normalized spacial score (nSPS) is 22.7. The standard InChI is InChI=1S/C22H23FN4O4S/c1-13-4-2-3-11-22(13)20(30)27(21(31)24-22)12-18(28)25-26-19(29)17-10-9-16(32-17)14-5-7-15(23)8-6-14/h5-10,13H,2-4,11-12H2,1H3,(H,24,31)(H,25,28)(H,26,29). The monoisotopic (exact) mass is 458 g/mol. The summed E-state index contributed by atoms with van der Waals surface area (Å²) in [5, 5.41) is 2.79. The maximum absolute atomic E-state index is 13.1. The third-order valence-corrected chi connectivity index (χ3v) is 7.21. The minimum Gasteiger partial charge on any atom is -0.323 e. The molecule has 1 aliphatic carbocycles. The Kier molecular flexibility index (Phi) is 5.96. The Hall–Kier alpha value is -3.27. The van der Waals surface area contributed by atoms with Gasteiger partial charge in [-0.15, -0.1) is 11.3 Å². The van der Waals surface area contributed by atoms with Crippen LogP contribution in [0.3, 0.4) is 0 Å². The number of rotatable bonds is 4. The Morgan fingerprint density at radius 2 is 1.91 bits per heavy atom. The minimum atomic E-state index is -0.938. The zero-order valence-corrected chi connectivity index (χ0v) is 18.3. The van der Waals surface area contributed by atoms with Gasteiger partial charge in [-0.25, -0.2) is 9.18 Å². The average molecular weight is 459 g/mol. The molecule has 2 aliphatic rings. The van der Waals surface area contributed by atoms with E-state index in [1.807, 2.05) is 6.92 Å². The van der Waals surface area contributed by atoms with Gasteiger partial charge in [0.2, 0.25) is 0 Å². The molecule has 1 spiro atoms. The fourth-order valence-corrected chi connectivity index (χ4v) is 5.15. The molecule has 1 aliphatic heterocycles. The highest BCUT2D eigenvalue weighted by atomic mass is 32.1. The molecule has 2 atom stereocenters. The smallest absolute Gasteiger partial charge is 0.323 e. The summed E-state index contributed by atoms with van der Waals surface area (Å²) in [6.45, 7) is 1.45. The number of nitrogens with zero attached hydrogens (tertiary/aromatic N) is 1. The summed E-state index contributed by atoms with van der Waals surface area (Å²) in [5.74, 6) is -1.96. The molecular formula is C22H23FN4O4S. The minimum absolute atomic E-state index is 0.00500. The highest BCUT2D eigenvalue weighted by molar-refractivity contribution is 7.17. The summed E-state index contributed by atoms with van der Waals surface area (Å²) in [4.78, 5) is 52.0. The molecule has 0 bridgehead atoms. The lowest BCUT2D eigenvalue weighted by molar-refractivity contribution is -0.137. The Morgan fingerprint density at radius 1 is 1.16 bits per heavy atom. The van der Waals surface area contributed by atoms with Crippen LogP contribution in [0.2, 0.25) is 0 Å². The fraction of sp³-hybridized carbons (Fsp3) is 0.364. The van der Waals surface area contributed by atoms with Crippen molar-refractivity contribution in [2.24, 2.45) is 5.92 Å². The molecule has 8 nitrogen and oxygen atoms in total. The first kappa shape index (κ1) is 21.9. The van der Waals surface area contributed by atoms with E-state index >= 15 is 0 Å². The van der Waals surface area contributed by atoms with Crippen molar-refractivity contribution >= 4 is 35.1 Å². The van der Waals surface area contributed by atoms with Gasteiger partial charge in [-0.05, 0) is 48.6 Å². The van der Waals surface area contributed by atoms with Gasteiger partial charge in [0.25, 0.3) is 17.7 Å². The van der Waals surface area contributed by atoms with Gasteiger partial charge in [-0.2, -0.15) is 0 Å². The van der Waals surface area contributed by atoms with E-state index in [4.69, 9.17) is 0 Å². The Morgan fingerprint density at radius 3 is 2.62 bits per heavy atom. The number of hydrogen-bond acceptors (Lipinski definition) is 5. The predicted octanol–water partition coefficient (Wildman–Crippen LogP) is 2.82. The van der Waals surface area contributed by atoms with Crippen molar-refractivity contribution in [2.75, 3.05) is 6.54 Å². The summed E-state index contributed by atoms with van der Waals surface area (Å²) < 4.78 is 13.1. The number of hydrogen-bond donors (Lipinski definition) is 3. The van der Waals surface area contributed by atoms with Gasteiger partial charge in [0, 0.05) is 4.88 Å². The second-order valence-electron chi connectivity index (χ2n) is 8.11. The zero-order chi connectivity index (χ0) is 22.9. The first-order valence-electron chi connectivity index (χ1n) is 10.4. The van der Waals surface area contributed by atoms with E-state index in [1.165, 1.54) is 23.5 Å². The molecule has 1 aromatic carbocycles. The summed E-state index contributed by atoms with van der Waals surface area (Å²) in [6.07, 6.45) is 3.24. The van der Waals surface area contributed by atoms with E-state index in [9.17, 15) is 23.6 Å². The molecule has 5 amide bonds.